The second kappa shape index (κ2) is 7.31. The number of fused-ring (bicyclic) bond motifs is 1. The van der Waals surface area contributed by atoms with Crippen molar-refractivity contribution in [3.8, 4) is 0 Å². The SMILES string of the molecule is COC(=O)C(NS(=O)(=O)c1cc2c(cc1Cl)CCN2C(C)=O)C(C)C. The van der Waals surface area contributed by atoms with Gasteiger partial charge >= 0.3 is 5.97 Å². The average molecular weight is 389 g/mol. The van der Waals surface area contributed by atoms with E-state index in [0.29, 0.717) is 18.7 Å². The molecule has 7 nitrogen and oxygen atoms in total. The number of amides is 1. The number of ether oxygens (including phenoxy) is 1. The fourth-order valence-corrected chi connectivity index (χ4v) is 4.64. The molecule has 1 unspecified atom stereocenters. The summed E-state index contributed by atoms with van der Waals surface area (Å²) in [6.07, 6.45) is 0.610. The molecule has 0 spiro atoms. The van der Waals surface area contributed by atoms with E-state index in [2.05, 4.69) is 9.46 Å². The molecule has 1 amide bonds. The van der Waals surface area contributed by atoms with E-state index in [1.165, 1.54) is 25.0 Å². The van der Waals surface area contributed by atoms with Crippen molar-refractivity contribution in [2.24, 2.45) is 5.92 Å². The highest BCUT2D eigenvalue weighted by Gasteiger charge is 2.32. The van der Waals surface area contributed by atoms with Crippen molar-refractivity contribution in [1.82, 2.24) is 4.72 Å². The Balaban J connectivity index is 2.45. The summed E-state index contributed by atoms with van der Waals surface area (Å²) < 4.78 is 32.5. The second-order valence-electron chi connectivity index (χ2n) is 6.20. The van der Waals surface area contributed by atoms with Crippen LogP contribution in [0.1, 0.15) is 26.3 Å². The highest BCUT2D eigenvalue weighted by atomic mass is 35.5. The Morgan fingerprint density at radius 2 is 1.96 bits per heavy atom. The fraction of sp³-hybridized carbons (Fsp3) is 0.500. The van der Waals surface area contributed by atoms with Crippen molar-refractivity contribution in [2.75, 3.05) is 18.6 Å². The molecular weight excluding hydrogens is 368 g/mol. The number of methoxy groups -OCH3 is 1. The van der Waals surface area contributed by atoms with Crippen molar-refractivity contribution in [2.45, 2.75) is 38.1 Å². The number of esters is 1. The fourth-order valence-electron chi connectivity index (χ4n) is 2.74. The molecule has 1 aromatic carbocycles. The van der Waals surface area contributed by atoms with Gasteiger partial charge in [-0.3, -0.25) is 9.59 Å². The molecular formula is C16H21ClN2O5S. The minimum absolute atomic E-state index is 0.0454. The van der Waals surface area contributed by atoms with Gasteiger partial charge in [-0.25, -0.2) is 8.42 Å². The predicted octanol–water partition coefficient (Wildman–Crippen LogP) is 1.72. The van der Waals surface area contributed by atoms with Crippen molar-refractivity contribution in [1.29, 1.82) is 0 Å². The predicted molar refractivity (Wildman–Crippen MR) is 94.1 cm³/mol. The van der Waals surface area contributed by atoms with Gasteiger partial charge in [-0.2, -0.15) is 4.72 Å². The van der Waals surface area contributed by atoms with E-state index in [1.807, 2.05) is 0 Å². The molecule has 0 saturated carbocycles. The van der Waals surface area contributed by atoms with E-state index in [1.54, 1.807) is 19.9 Å². The Kier molecular flexibility index (Phi) is 5.75. The van der Waals surface area contributed by atoms with Crippen LogP contribution in [-0.4, -0.2) is 40.0 Å². The lowest BCUT2D eigenvalue weighted by molar-refractivity contribution is -0.143. The van der Waals surface area contributed by atoms with E-state index < -0.39 is 22.0 Å². The number of rotatable bonds is 5. The van der Waals surface area contributed by atoms with Gasteiger partial charge in [-0.1, -0.05) is 25.4 Å². The van der Waals surface area contributed by atoms with Gasteiger partial charge in [0, 0.05) is 19.2 Å². The molecule has 1 N–H and O–H groups in total. The highest BCUT2D eigenvalue weighted by molar-refractivity contribution is 7.89. The molecule has 0 radical (unpaired) electrons. The average Bonchev–Trinajstić information content (AvgIpc) is 2.93. The molecule has 1 aliphatic rings. The number of hydrogen-bond donors (Lipinski definition) is 1. The first-order valence-corrected chi connectivity index (χ1v) is 9.65. The largest absolute Gasteiger partial charge is 0.468 e. The summed E-state index contributed by atoms with van der Waals surface area (Å²) >= 11 is 6.16. The molecule has 1 aliphatic heterocycles. The maximum atomic E-state index is 12.8. The van der Waals surface area contributed by atoms with Crippen LogP contribution in [0, 0.1) is 5.92 Å². The highest BCUT2D eigenvalue weighted by Crippen LogP contribution is 2.35. The summed E-state index contributed by atoms with van der Waals surface area (Å²) in [6.45, 7) is 5.30. The van der Waals surface area contributed by atoms with Crippen molar-refractivity contribution >= 4 is 39.2 Å². The Labute approximate surface area is 152 Å². The summed E-state index contributed by atoms with van der Waals surface area (Å²) in [5, 5.41) is 0.0454. The molecule has 1 aromatic rings. The molecule has 0 aliphatic carbocycles. The van der Waals surface area contributed by atoms with Crippen LogP contribution >= 0.6 is 11.6 Å². The van der Waals surface area contributed by atoms with E-state index in [0.717, 1.165) is 5.56 Å². The Morgan fingerprint density at radius 1 is 1.32 bits per heavy atom. The molecule has 9 heteroatoms. The maximum absolute atomic E-state index is 12.8. The number of hydrogen-bond acceptors (Lipinski definition) is 5. The molecule has 25 heavy (non-hydrogen) atoms. The van der Waals surface area contributed by atoms with Crippen LogP contribution in [0.25, 0.3) is 0 Å². The number of benzene rings is 1. The van der Waals surface area contributed by atoms with Gasteiger partial charge in [-0.15, -0.1) is 0 Å². The topological polar surface area (TPSA) is 92.8 Å². The summed E-state index contributed by atoms with van der Waals surface area (Å²) in [6, 6.07) is 1.89. The van der Waals surface area contributed by atoms with Crippen LogP contribution in [0.3, 0.4) is 0 Å². The van der Waals surface area contributed by atoms with E-state index in [4.69, 9.17) is 11.6 Å². The van der Waals surface area contributed by atoms with Crippen LogP contribution in [-0.2, 0) is 30.8 Å². The van der Waals surface area contributed by atoms with Gasteiger partial charge < -0.3 is 9.64 Å². The molecule has 1 heterocycles. The van der Waals surface area contributed by atoms with Crippen LogP contribution in [0.5, 0.6) is 0 Å². The summed E-state index contributed by atoms with van der Waals surface area (Å²) in [4.78, 5) is 24.9. The number of sulfonamides is 1. The lowest BCUT2D eigenvalue weighted by Gasteiger charge is -2.21. The Morgan fingerprint density at radius 3 is 2.48 bits per heavy atom. The minimum atomic E-state index is -4.08. The third kappa shape index (κ3) is 3.96. The Bertz CT molecular complexity index is 807. The zero-order valence-electron chi connectivity index (χ0n) is 14.5. The zero-order valence-corrected chi connectivity index (χ0v) is 16.1. The minimum Gasteiger partial charge on any atom is -0.468 e. The molecule has 2 rings (SSSR count). The normalized spacial score (nSPS) is 15.2. The van der Waals surface area contributed by atoms with Gasteiger partial charge in [0.2, 0.25) is 15.9 Å². The Hall–Kier alpha value is -1.64. The number of nitrogens with zero attached hydrogens (tertiary/aromatic N) is 1. The lowest BCUT2D eigenvalue weighted by Crippen LogP contribution is -2.45. The molecule has 138 valence electrons. The smallest absolute Gasteiger partial charge is 0.324 e. The first kappa shape index (κ1) is 19.7. The molecule has 0 aromatic heterocycles. The van der Waals surface area contributed by atoms with Crippen LogP contribution in [0.15, 0.2) is 17.0 Å². The van der Waals surface area contributed by atoms with Crippen LogP contribution in [0.2, 0.25) is 5.02 Å². The number of halogens is 1. The zero-order chi connectivity index (χ0) is 18.9. The summed E-state index contributed by atoms with van der Waals surface area (Å²) in [5.41, 5.74) is 1.34. The van der Waals surface area contributed by atoms with E-state index in [9.17, 15) is 18.0 Å². The second-order valence-corrected chi connectivity index (χ2v) is 8.29. The number of carbonyl (C=O) groups excluding carboxylic acids is 2. The molecule has 0 saturated heterocycles. The number of carbonyl (C=O) groups is 2. The lowest BCUT2D eigenvalue weighted by atomic mass is 10.1. The quantitative estimate of drug-likeness (QED) is 0.775. The van der Waals surface area contributed by atoms with Crippen LogP contribution < -0.4 is 9.62 Å². The van der Waals surface area contributed by atoms with Crippen molar-refractivity contribution < 1.29 is 22.7 Å². The standard InChI is InChI=1S/C16H21ClN2O5S/c1-9(2)15(16(21)24-4)18-25(22,23)14-8-13-11(7-12(14)17)5-6-19(13)10(3)20/h7-9,15,18H,5-6H2,1-4H3. The van der Waals surface area contributed by atoms with Crippen molar-refractivity contribution in [3.05, 3.63) is 22.7 Å². The number of anilines is 1. The van der Waals surface area contributed by atoms with Gasteiger partial charge in [0.1, 0.15) is 10.9 Å². The monoisotopic (exact) mass is 388 g/mol. The van der Waals surface area contributed by atoms with Gasteiger partial charge in [0.05, 0.1) is 12.1 Å². The maximum Gasteiger partial charge on any atom is 0.324 e. The number of nitrogens with one attached hydrogen (secondary N) is 1. The van der Waals surface area contributed by atoms with E-state index in [-0.39, 0.29) is 21.7 Å². The first-order chi connectivity index (χ1) is 11.6. The summed E-state index contributed by atoms with van der Waals surface area (Å²) in [5.74, 6) is -1.17. The third-order valence-corrected chi connectivity index (χ3v) is 6.01. The molecule has 1 atom stereocenters. The van der Waals surface area contributed by atoms with Gasteiger partial charge in [0.15, 0.2) is 0 Å². The first-order valence-electron chi connectivity index (χ1n) is 7.79. The molecule has 0 bridgehead atoms. The van der Waals surface area contributed by atoms with E-state index >= 15 is 0 Å². The van der Waals surface area contributed by atoms with Gasteiger partial charge in [-0.05, 0) is 30.0 Å². The van der Waals surface area contributed by atoms with Crippen molar-refractivity contribution in [3.63, 3.8) is 0 Å². The molecule has 0 fully saturated rings. The summed E-state index contributed by atoms with van der Waals surface area (Å²) in [7, 11) is -2.89. The van der Waals surface area contributed by atoms with Gasteiger partial charge in [0.25, 0.3) is 0 Å². The van der Waals surface area contributed by atoms with Crippen LogP contribution in [0.4, 0.5) is 5.69 Å². The third-order valence-electron chi connectivity index (χ3n) is 4.10.